The monoisotopic (exact) mass is 284 g/mol. The Morgan fingerprint density at radius 2 is 2.11 bits per heavy atom. The van der Waals surface area contributed by atoms with Crippen LogP contribution < -0.4 is 5.32 Å². The number of ether oxygens (including phenoxy) is 1. The zero-order chi connectivity index (χ0) is 14.3. The van der Waals surface area contributed by atoms with E-state index in [1.165, 1.54) is 12.3 Å². The minimum atomic E-state index is -0.665. The van der Waals surface area contributed by atoms with E-state index in [0.29, 0.717) is 5.02 Å². The van der Waals surface area contributed by atoms with Gasteiger partial charge in [-0.3, -0.25) is 4.79 Å². The number of hydrogen-bond acceptors (Lipinski definition) is 4. The fourth-order valence-electron chi connectivity index (χ4n) is 1.48. The number of hydrogen-bond donors (Lipinski definition) is 1. The van der Waals surface area contributed by atoms with Gasteiger partial charge in [-0.15, -0.1) is 0 Å². The van der Waals surface area contributed by atoms with Gasteiger partial charge in [0.25, 0.3) is 5.91 Å². The molecule has 1 amide bonds. The molecule has 1 N–H and O–H groups in total. The number of aromatic nitrogens is 1. The van der Waals surface area contributed by atoms with E-state index in [4.69, 9.17) is 16.3 Å². The third-order valence-electron chi connectivity index (χ3n) is 2.62. The number of pyridine rings is 1. The highest BCUT2D eigenvalue weighted by atomic mass is 35.5. The molecule has 0 unspecified atom stereocenters. The Morgan fingerprint density at radius 3 is 2.68 bits per heavy atom. The van der Waals surface area contributed by atoms with E-state index >= 15 is 0 Å². The Labute approximate surface area is 117 Å². The fraction of sp³-hybridized carbons (Fsp3) is 0.462. The maximum Gasteiger partial charge on any atom is 0.357 e. The normalized spacial score (nSPS) is 10.3. The summed E-state index contributed by atoms with van der Waals surface area (Å²) in [7, 11) is 0. The van der Waals surface area contributed by atoms with Crippen molar-refractivity contribution in [1.82, 2.24) is 10.3 Å². The van der Waals surface area contributed by atoms with Gasteiger partial charge in [-0.1, -0.05) is 25.4 Å². The van der Waals surface area contributed by atoms with Crippen LogP contribution in [0.25, 0.3) is 0 Å². The van der Waals surface area contributed by atoms with Gasteiger partial charge in [0, 0.05) is 17.3 Å². The molecule has 0 aliphatic carbocycles. The second-order valence-electron chi connectivity index (χ2n) is 4.02. The lowest BCUT2D eigenvalue weighted by atomic mass is 10.2. The molecule has 104 valence electrons. The number of carbonyl (C=O) groups is 2. The van der Waals surface area contributed by atoms with Gasteiger partial charge in [-0.2, -0.15) is 0 Å². The second-order valence-corrected chi connectivity index (χ2v) is 4.45. The summed E-state index contributed by atoms with van der Waals surface area (Å²) in [6, 6.07) is 3.05. The van der Waals surface area contributed by atoms with Crippen LogP contribution in [0.2, 0.25) is 5.02 Å². The van der Waals surface area contributed by atoms with E-state index in [-0.39, 0.29) is 24.2 Å². The van der Waals surface area contributed by atoms with Gasteiger partial charge in [0.1, 0.15) is 5.69 Å². The molecule has 6 heteroatoms. The van der Waals surface area contributed by atoms with Gasteiger partial charge in [0.15, 0.2) is 6.61 Å². The maximum absolute atomic E-state index is 11.6. The highest BCUT2D eigenvalue weighted by Gasteiger charge is 2.13. The molecule has 1 aromatic rings. The molecule has 0 atom stereocenters. The Kier molecular flexibility index (Phi) is 6.29. The molecule has 0 aromatic carbocycles. The zero-order valence-corrected chi connectivity index (χ0v) is 11.7. The lowest BCUT2D eigenvalue weighted by Gasteiger charge is -2.14. The molecule has 1 aromatic heterocycles. The summed E-state index contributed by atoms with van der Waals surface area (Å²) in [5.74, 6) is -0.980. The van der Waals surface area contributed by atoms with Gasteiger partial charge in [-0.05, 0) is 25.0 Å². The van der Waals surface area contributed by atoms with Crippen LogP contribution in [-0.2, 0) is 9.53 Å². The average Bonchev–Trinajstić information content (AvgIpc) is 2.42. The Bertz CT molecular complexity index is 447. The molecule has 19 heavy (non-hydrogen) atoms. The van der Waals surface area contributed by atoms with E-state index in [1.807, 2.05) is 13.8 Å². The highest BCUT2D eigenvalue weighted by Crippen LogP contribution is 2.08. The zero-order valence-electron chi connectivity index (χ0n) is 11.0. The summed E-state index contributed by atoms with van der Waals surface area (Å²) in [5, 5.41) is 3.16. The summed E-state index contributed by atoms with van der Waals surface area (Å²) in [4.78, 5) is 27.0. The lowest BCUT2D eigenvalue weighted by molar-refractivity contribution is -0.125. The molecular weight excluding hydrogens is 268 g/mol. The topological polar surface area (TPSA) is 68.3 Å². The number of esters is 1. The van der Waals surface area contributed by atoms with Crippen molar-refractivity contribution < 1.29 is 14.3 Å². The van der Waals surface area contributed by atoms with Gasteiger partial charge in [-0.25, -0.2) is 9.78 Å². The smallest absolute Gasteiger partial charge is 0.357 e. The van der Waals surface area contributed by atoms with Gasteiger partial charge in [0.05, 0.1) is 0 Å². The molecule has 0 aliphatic rings. The SMILES string of the molecule is CCC(CC)NC(=O)COC(=O)c1cc(Cl)ccn1. The van der Waals surface area contributed by atoms with E-state index in [2.05, 4.69) is 10.3 Å². The number of halogens is 1. The first kappa shape index (κ1) is 15.4. The number of carbonyl (C=O) groups excluding carboxylic acids is 2. The average molecular weight is 285 g/mol. The molecular formula is C13H17ClN2O3. The molecule has 0 saturated heterocycles. The predicted octanol–water partition coefficient (Wildman–Crippen LogP) is 2.20. The van der Waals surface area contributed by atoms with Crippen LogP contribution in [0.5, 0.6) is 0 Å². The van der Waals surface area contributed by atoms with Crippen molar-refractivity contribution in [2.24, 2.45) is 0 Å². The minimum Gasteiger partial charge on any atom is -0.451 e. The molecule has 0 bridgehead atoms. The molecule has 0 spiro atoms. The number of amides is 1. The van der Waals surface area contributed by atoms with Crippen molar-refractivity contribution in [1.29, 1.82) is 0 Å². The summed E-state index contributed by atoms with van der Waals surface area (Å²) in [6.45, 7) is 3.65. The molecule has 0 radical (unpaired) electrons. The van der Waals surface area contributed by atoms with E-state index < -0.39 is 5.97 Å². The Morgan fingerprint density at radius 1 is 1.42 bits per heavy atom. The van der Waals surface area contributed by atoms with Crippen LogP contribution in [-0.4, -0.2) is 29.5 Å². The minimum absolute atomic E-state index is 0.0860. The van der Waals surface area contributed by atoms with Gasteiger partial charge < -0.3 is 10.1 Å². The molecule has 0 fully saturated rings. The highest BCUT2D eigenvalue weighted by molar-refractivity contribution is 6.30. The van der Waals surface area contributed by atoms with Crippen LogP contribution >= 0.6 is 11.6 Å². The quantitative estimate of drug-likeness (QED) is 0.813. The van der Waals surface area contributed by atoms with Crippen molar-refractivity contribution in [3.05, 3.63) is 29.0 Å². The van der Waals surface area contributed by atoms with E-state index in [0.717, 1.165) is 12.8 Å². The van der Waals surface area contributed by atoms with E-state index in [9.17, 15) is 9.59 Å². The first-order valence-corrected chi connectivity index (χ1v) is 6.52. The number of nitrogens with one attached hydrogen (secondary N) is 1. The van der Waals surface area contributed by atoms with Crippen LogP contribution in [0.15, 0.2) is 18.3 Å². The summed E-state index contributed by atoms with van der Waals surface area (Å²) in [5.41, 5.74) is 0.0860. The Hall–Kier alpha value is -1.62. The van der Waals surface area contributed by atoms with Crippen molar-refractivity contribution in [2.75, 3.05) is 6.61 Å². The van der Waals surface area contributed by atoms with Gasteiger partial charge in [0.2, 0.25) is 0 Å². The van der Waals surface area contributed by atoms with Crippen LogP contribution in [0.1, 0.15) is 37.2 Å². The first-order chi connectivity index (χ1) is 9.06. The Balaban J connectivity index is 2.44. The van der Waals surface area contributed by atoms with Crippen molar-refractivity contribution in [3.63, 3.8) is 0 Å². The largest absolute Gasteiger partial charge is 0.451 e. The lowest BCUT2D eigenvalue weighted by Crippen LogP contribution is -2.36. The standard InChI is InChI=1S/C13H17ClN2O3/c1-3-10(4-2)16-12(17)8-19-13(18)11-7-9(14)5-6-15-11/h5-7,10H,3-4,8H2,1-2H3,(H,16,17). The molecule has 5 nitrogen and oxygen atoms in total. The van der Waals surface area contributed by atoms with Crippen molar-refractivity contribution >= 4 is 23.5 Å². The van der Waals surface area contributed by atoms with Gasteiger partial charge >= 0.3 is 5.97 Å². The number of rotatable bonds is 6. The maximum atomic E-state index is 11.6. The van der Waals surface area contributed by atoms with Crippen LogP contribution in [0, 0.1) is 0 Å². The van der Waals surface area contributed by atoms with Crippen molar-refractivity contribution in [2.45, 2.75) is 32.7 Å². The first-order valence-electron chi connectivity index (χ1n) is 6.14. The van der Waals surface area contributed by atoms with E-state index in [1.54, 1.807) is 6.07 Å². The van der Waals surface area contributed by atoms with Crippen LogP contribution in [0.3, 0.4) is 0 Å². The summed E-state index contributed by atoms with van der Waals surface area (Å²) < 4.78 is 4.86. The molecule has 0 saturated carbocycles. The summed E-state index contributed by atoms with van der Waals surface area (Å²) >= 11 is 5.73. The third kappa shape index (κ3) is 5.26. The molecule has 1 heterocycles. The molecule has 1 rings (SSSR count). The number of nitrogens with zero attached hydrogens (tertiary/aromatic N) is 1. The van der Waals surface area contributed by atoms with Crippen molar-refractivity contribution in [3.8, 4) is 0 Å². The third-order valence-corrected chi connectivity index (χ3v) is 2.85. The molecule has 0 aliphatic heterocycles. The second kappa shape index (κ2) is 7.74. The fourth-order valence-corrected chi connectivity index (χ4v) is 1.64. The predicted molar refractivity (Wildman–Crippen MR) is 72.0 cm³/mol. The summed E-state index contributed by atoms with van der Waals surface area (Å²) in [6.07, 6.45) is 3.08. The van der Waals surface area contributed by atoms with Crippen LogP contribution in [0.4, 0.5) is 0 Å².